The number of nitrogens with zero attached hydrogens (tertiary/aromatic N) is 1. The number of carboxylic acids is 1. The number of rotatable bonds is 5. The van der Waals surface area contributed by atoms with E-state index in [1.54, 1.807) is 25.3 Å². The Kier molecular flexibility index (Phi) is 4.67. The molecule has 1 fully saturated rings. The zero-order chi connectivity index (χ0) is 15.4. The summed E-state index contributed by atoms with van der Waals surface area (Å²) in [5.74, 6) is 0.0786. The average molecular weight is 293 g/mol. The maximum absolute atomic E-state index is 12.4. The number of aliphatic carboxylic acids is 1. The Balaban J connectivity index is 2.17. The van der Waals surface area contributed by atoms with Crippen molar-refractivity contribution >= 4 is 11.9 Å². The van der Waals surface area contributed by atoms with Crippen molar-refractivity contribution in [2.75, 3.05) is 20.8 Å². The summed E-state index contributed by atoms with van der Waals surface area (Å²) in [6, 6.07) is 4.51. The Hall–Kier alpha value is -2.24. The fraction of sp³-hybridized carbons (Fsp3) is 0.467. The molecule has 1 aromatic rings. The molecular weight excluding hydrogens is 274 g/mol. The van der Waals surface area contributed by atoms with Gasteiger partial charge in [0.1, 0.15) is 17.5 Å². The van der Waals surface area contributed by atoms with E-state index in [2.05, 4.69) is 0 Å². The molecule has 21 heavy (non-hydrogen) atoms. The lowest BCUT2D eigenvalue weighted by molar-refractivity contribution is -0.148. The van der Waals surface area contributed by atoms with Crippen molar-refractivity contribution in [3.05, 3.63) is 23.8 Å². The van der Waals surface area contributed by atoms with Gasteiger partial charge in [-0.2, -0.15) is 0 Å². The largest absolute Gasteiger partial charge is 0.497 e. The summed E-state index contributed by atoms with van der Waals surface area (Å²) in [4.78, 5) is 24.9. The van der Waals surface area contributed by atoms with E-state index >= 15 is 0 Å². The first kappa shape index (κ1) is 15.2. The van der Waals surface area contributed by atoms with Crippen LogP contribution in [0.2, 0.25) is 0 Å². The van der Waals surface area contributed by atoms with E-state index in [9.17, 15) is 9.59 Å². The van der Waals surface area contributed by atoms with E-state index in [0.717, 1.165) is 6.42 Å². The molecule has 6 heteroatoms. The van der Waals surface area contributed by atoms with Gasteiger partial charge in [0.05, 0.1) is 20.6 Å². The van der Waals surface area contributed by atoms with Crippen LogP contribution in [0.3, 0.4) is 0 Å². The highest BCUT2D eigenvalue weighted by Crippen LogP contribution is 2.26. The van der Waals surface area contributed by atoms with Gasteiger partial charge in [0, 0.05) is 12.1 Å². The first-order valence-corrected chi connectivity index (χ1v) is 6.80. The van der Waals surface area contributed by atoms with Crippen molar-refractivity contribution in [1.29, 1.82) is 0 Å². The first-order chi connectivity index (χ1) is 10.1. The Labute approximate surface area is 123 Å². The number of ether oxygens (including phenoxy) is 2. The second kappa shape index (κ2) is 6.47. The van der Waals surface area contributed by atoms with Crippen LogP contribution in [-0.2, 0) is 16.0 Å². The summed E-state index contributed by atoms with van der Waals surface area (Å²) in [5, 5.41) is 9.14. The maximum Gasteiger partial charge on any atom is 0.326 e. The predicted molar refractivity (Wildman–Crippen MR) is 75.6 cm³/mol. The maximum atomic E-state index is 12.4. The van der Waals surface area contributed by atoms with Crippen LogP contribution >= 0.6 is 0 Å². The quantitative estimate of drug-likeness (QED) is 0.886. The number of hydrogen-bond donors (Lipinski definition) is 1. The third kappa shape index (κ3) is 3.26. The van der Waals surface area contributed by atoms with Gasteiger partial charge >= 0.3 is 5.97 Å². The van der Waals surface area contributed by atoms with Gasteiger partial charge in [0.15, 0.2) is 0 Å². The van der Waals surface area contributed by atoms with Crippen molar-refractivity contribution in [1.82, 2.24) is 4.90 Å². The number of likely N-dealkylation sites (tertiary alicyclic amines) is 1. The zero-order valence-corrected chi connectivity index (χ0v) is 12.2. The van der Waals surface area contributed by atoms with Crippen LogP contribution in [0.1, 0.15) is 18.4 Å². The van der Waals surface area contributed by atoms with E-state index in [4.69, 9.17) is 14.6 Å². The molecule has 1 amide bonds. The standard InChI is InChI=1S/C15H19NO5/c1-20-11-5-6-13(21-2)10(8-11)9-14(17)16-7-3-4-12(16)15(18)19/h5-6,8,12H,3-4,7,9H2,1-2H3,(H,18,19)/t12-/m0/s1. The second-order valence-corrected chi connectivity index (χ2v) is 4.94. The van der Waals surface area contributed by atoms with Crippen LogP contribution in [0.25, 0.3) is 0 Å². The Morgan fingerprint density at radius 2 is 2.10 bits per heavy atom. The van der Waals surface area contributed by atoms with Gasteiger partial charge in [-0.3, -0.25) is 4.79 Å². The molecule has 1 saturated heterocycles. The molecule has 0 aliphatic carbocycles. The molecule has 1 aromatic carbocycles. The molecule has 1 aliphatic rings. The minimum absolute atomic E-state index is 0.101. The molecule has 0 bridgehead atoms. The van der Waals surface area contributed by atoms with Gasteiger partial charge in [0.2, 0.25) is 5.91 Å². The lowest BCUT2D eigenvalue weighted by Gasteiger charge is -2.22. The van der Waals surface area contributed by atoms with Crippen molar-refractivity contribution in [2.24, 2.45) is 0 Å². The van der Waals surface area contributed by atoms with Gasteiger partial charge in [-0.15, -0.1) is 0 Å². The molecular formula is C15H19NO5. The average Bonchev–Trinajstić information content (AvgIpc) is 2.96. The van der Waals surface area contributed by atoms with Crippen LogP contribution in [0.5, 0.6) is 11.5 Å². The van der Waals surface area contributed by atoms with Crippen LogP contribution in [0, 0.1) is 0 Å². The van der Waals surface area contributed by atoms with E-state index in [0.29, 0.717) is 30.0 Å². The number of carbonyl (C=O) groups excluding carboxylic acids is 1. The van der Waals surface area contributed by atoms with Crippen LogP contribution in [0.4, 0.5) is 0 Å². The lowest BCUT2D eigenvalue weighted by Crippen LogP contribution is -2.41. The Bertz CT molecular complexity index is 543. The third-order valence-electron chi connectivity index (χ3n) is 3.69. The van der Waals surface area contributed by atoms with Gasteiger partial charge in [-0.05, 0) is 31.0 Å². The fourth-order valence-corrected chi connectivity index (χ4v) is 2.61. The lowest BCUT2D eigenvalue weighted by atomic mass is 10.1. The Morgan fingerprint density at radius 3 is 2.71 bits per heavy atom. The third-order valence-corrected chi connectivity index (χ3v) is 3.69. The Morgan fingerprint density at radius 1 is 1.33 bits per heavy atom. The molecule has 1 aliphatic heterocycles. The zero-order valence-electron chi connectivity index (χ0n) is 12.2. The number of carbonyl (C=O) groups is 2. The van der Waals surface area contributed by atoms with E-state index < -0.39 is 12.0 Å². The topological polar surface area (TPSA) is 76.1 Å². The summed E-state index contributed by atoms with van der Waals surface area (Å²) in [5.41, 5.74) is 0.692. The first-order valence-electron chi connectivity index (χ1n) is 6.80. The molecule has 6 nitrogen and oxygen atoms in total. The summed E-state index contributed by atoms with van der Waals surface area (Å²) in [6.45, 7) is 0.488. The van der Waals surface area contributed by atoms with Crippen molar-refractivity contribution in [3.8, 4) is 11.5 Å². The molecule has 114 valence electrons. The molecule has 0 spiro atoms. The minimum Gasteiger partial charge on any atom is -0.497 e. The summed E-state index contributed by atoms with van der Waals surface area (Å²) < 4.78 is 10.4. The predicted octanol–water partition coefficient (Wildman–Crippen LogP) is 1.32. The molecule has 1 N–H and O–H groups in total. The number of carboxylic acid groups (broad SMARTS) is 1. The number of methoxy groups -OCH3 is 2. The van der Waals surface area contributed by atoms with Crippen molar-refractivity contribution in [3.63, 3.8) is 0 Å². The molecule has 1 atom stereocenters. The monoisotopic (exact) mass is 293 g/mol. The molecule has 0 saturated carbocycles. The molecule has 2 rings (SSSR count). The second-order valence-electron chi connectivity index (χ2n) is 4.94. The van der Waals surface area contributed by atoms with Crippen molar-refractivity contribution in [2.45, 2.75) is 25.3 Å². The molecule has 0 radical (unpaired) electrons. The van der Waals surface area contributed by atoms with Gasteiger partial charge < -0.3 is 19.5 Å². The molecule has 1 heterocycles. The number of hydrogen-bond acceptors (Lipinski definition) is 4. The highest BCUT2D eigenvalue weighted by Gasteiger charge is 2.34. The van der Waals surface area contributed by atoms with Crippen LogP contribution in [0.15, 0.2) is 18.2 Å². The fourth-order valence-electron chi connectivity index (χ4n) is 2.61. The van der Waals surface area contributed by atoms with Gasteiger partial charge in [-0.1, -0.05) is 0 Å². The van der Waals surface area contributed by atoms with Crippen LogP contribution < -0.4 is 9.47 Å². The normalized spacial score (nSPS) is 17.6. The summed E-state index contributed by atoms with van der Waals surface area (Å²) in [6.07, 6.45) is 1.33. The summed E-state index contributed by atoms with van der Waals surface area (Å²) >= 11 is 0. The van der Waals surface area contributed by atoms with Crippen molar-refractivity contribution < 1.29 is 24.2 Å². The number of amides is 1. The number of benzene rings is 1. The van der Waals surface area contributed by atoms with Gasteiger partial charge in [0.25, 0.3) is 0 Å². The van der Waals surface area contributed by atoms with E-state index in [-0.39, 0.29) is 12.3 Å². The summed E-state index contributed by atoms with van der Waals surface area (Å²) in [7, 11) is 3.08. The molecule has 0 aromatic heterocycles. The minimum atomic E-state index is -0.946. The van der Waals surface area contributed by atoms with E-state index in [1.807, 2.05) is 0 Å². The molecule has 0 unspecified atom stereocenters. The smallest absolute Gasteiger partial charge is 0.326 e. The highest BCUT2D eigenvalue weighted by atomic mass is 16.5. The SMILES string of the molecule is COc1ccc(OC)c(CC(=O)N2CCC[C@H]2C(=O)O)c1. The van der Waals surface area contributed by atoms with E-state index in [1.165, 1.54) is 12.0 Å². The van der Waals surface area contributed by atoms with Gasteiger partial charge in [-0.25, -0.2) is 4.79 Å². The highest BCUT2D eigenvalue weighted by molar-refractivity contribution is 5.86. The van der Waals surface area contributed by atoms with Crippen LogP contribution in [-0.4, -0.2) is 48.7 Å².